The van der Waals surface area contributed by atoms with E-state index < -0.39 is 0 Å². The normalized spacial score (nSPS) is 10.4. The highest BCUT2D eigenvalue weighted by Gasteiger charge is 2.09. The molecule has 21 heavy (non-hydrogen) atoms. The molecule has 112 valence electrons. The number of carbonyl (C=O) groups is 1. The smallest absolute Gasteiger partial charge is 0.338 e. The van der Waals surface area contributed by atoms with Crippen molar-refractivity contribution in [1.29, 1.82) is 0 Å². The largest absolute Gasteiger partial charge is 0.462 e. The molecule has 1 aromatic heterocycles. The number of hydrogen-bond acceptors (Lipinski definition) is 6. The van der Waals surface area contributed by atoms with Crippen molar-refractivity contribution >= 4 is 17.3 Å². The Morgan fingerprint density at radius 1 is 1.48 bits per heavy atom. The summed E-state index contributed by atoms with van der Waals surface area (Å²) < 4.78 is 6.59. The highest BCUT2D eigenvalue weighted by atomic mass is 16.5. The number of anilines is 2. The zero-order valence-corrected chi connectivity index (χ0v) is 12.2. The summed E-state index contributed by atoms with van der Waals surface area (Å²) in [5.74, 6) is 0.403. The quantitative estimate of drug-likeness (QED) is 0.613. The van der Waals surface area contributed by atoms with Gasteiger partial charge in [-0.05, 0) is 25.1 Å². The molecule has 0 saturated carbocycles. The van der Waals surface area contributed by atoms with Crippen LogP contribution in [0.5, 0.6) is 0 Å². The Morgan fingerprint density at radius 3 is 2.90 bits per heavy atom. The van der Waals surface area contributed by atoms with Gasteiger partial charge in [-0.3, -0.25) is 4.68 Å². The average Bonchev–Trinajstić information content (AvgIpc) is 2.86. The predicted octanol–water partition coefficient (Wildman–Crippen LogP) is 1.23. The molecule has 0 spiro atoms. The Kier molecular flexibility index (Phi) is 4.76. The molecule has 0 amide bonds. The molecule has 0 atom stereocenters. The topological polar surface area (TPSA) is 95.1 Å². The molecule has 0 aliphatic carbocycles. The molecular weight excluding hydrogens is 270 g/mol. The first-order chi connectivity index (χ1) is 10.1. The first-order valence-electron chi connectivity index (χ1n) is 6.75. The minimum Gasteiger partial charge on any atom is -0.462 e. The van der Waals surface area contributed by atoms with Crippen LogP contribution >= 0.6 is 0 Å². The van der Waals surface area contributed by atoms with Crippen LogP contribution < -0.4 is 11.1 Å². The van der Waals surface area contributed by atoms with Crippen molar-refractivity contribution in [3.8, 4) is 0 Å². The monoisotopic (exact) mass is 289 g/mol. The number of aromatic nitrogens is 3. The zero-order chi connectivity index (χ0) is 15.2. The first kappa shape index (κ1) is 14.8. The molecular formula is C14H19N5O2. The number of esters is 1. The van der Waals surface area contributed by atoms with E-state index in [1.807, 2.05) is 7.05 Å². The minimum atomic E-state index is -0.367. The van der Waals surface area contributed by atoms with E-state index in [1.54, 1.807) is 36.1 Å². The van der Waals surface area contributed by atoms with Crippen molar-refractivity contribution in [3.05, 3.63) is 35.9 Å². The number of ether oxygens (including phenoxy) is 1. The van der Waals surface area contributed by atoms with Crippen molar-refractivity contribution in [2.75, 3.05) is 24.2 Å². The van der Waals surface area contributed by atoms with Crippen LogP contribution in [-0.4, -0.2) is 33.9 Å². The number of hydrogen-bond donors (Lipinski definition) is 2. The van der Waals surface area contributed by atoms with Crippen LogP contribution in [0.15, 0.2) is 24.5 Å². The third-order valence-corrected chi connectivity index (χ3v) is 2.87. The Labute approximate surface area is 123 Å². The van der Waals surface area contributed by atoms with E-state index in [4.69, 9.17) is 10.5 Å². The van der Waals surface area contributed by atoms with E-state index in [1.165, 1.54) is 0 Å². The summed E-state index contributed by atoms with van der Waals surface area (Å²) in [4.78, 5) is 15.7. The number of aryl methyl sites for hydroxylation is 1. The van der Waals surface area contributed by atoms with E-state index >= 15 is 0 Å². The zero-order valence-electron chi connectivity index (χ0n) is 12.2. The molecule has 3 N–H and O–H groups in total. The number of nitrogens with zero attached hydrogens (tertiary/aromatic N) is 3. The molecule has 0 unspecified atom stereocenters. The Hall–Kier alpha value is -2.57. The molecule has 0 fully saturated rings. The van der Waals surface area contributed by atoms with Gasteiger partial charge in [-0.15, -0.1) is 0 Å². The maximum Gasteiger partial charge on any atom is 0.338 e. The van der Waals surface area contributed by atoms with Gasteiger partial charge in [0.15, 0.2) is 5.82 Å². The average molecular weight is 289 g/mol. The molecule has 0 aliphatic rings. The number of rotatable bonds is 6. The van der Waals surface area contributed by atoms with Crippen LogP contribution in [0.25, 0.3) is 0 Å². The lowest BCUT2D eigenvalue weighted by Gasteiger charge is -2.10. The number of nitrogens with two attached hydrogens (primary N) is 1. The van der Waals surface area contributed by atoms with Gasteiger partial charge in [-0.2, -0.15) is 5.10 Å². The van der Waals surface area contributed by atoms with Gasteiger partial charge in [0.05, 0.1) is 23.5 Å². The van der Waals surface area contributed by atoms with Crippen molar-refractivity contribution in [1.82, 2.24) is 14.8 Å². The van der Waals surface area contributed by atoms with Gasteiger partial charge in [-0.1, -0.05) is 0 Å². The van der Waals surface area contributed by atoms with Gasteiger partial charge in [0.25, 0.3) is 0 Å². The molecule has 2 rings (SSSR count). The third kappa shape index (κ3) is 3.95. The first-order valence-corrected chi connectivity index (χ1v) is 6.75. The van der Waals surface area contributed by atoms with Crippen LogP contribution in [0.3, 0.4) is 0 Å². The van der Waals surface area contributed by atoms with Crippen LogP contribution in [0.2, 0.25) is 0 Å². The Bertz CT molecular complexity index is 624. The fourth-order valence-electron chi connectivity index (χ4n) is 1.87. The van der Waals surface area contributed by atoms with Crippen molar-refractivity contribution in [3.63, 3.8) is 0 Å². The second-order valence-corrected chi connectivity index (χ2v) is 4.53. The van der Waals surface area contributed by atoms with Crippen LogP contribution in [0.1, 0.15) is 23.1 Å². The second kappa shape index (κ2) is 6.74. The number of nitrogen functional groups attached to an aromatic ring is 1. The molecule has 0 bridgehead atoms. The standard InChI is InChI=1S/C14H19N5O2/c1-3-21-14(20)10-4-5-12(11(15)8-10)16-7-6-13-17-9-19(2)18-13/h4-5,8-9,16H,3,6-7,15H2,1-2H3. The summed E-state index contributed by atoms with van der Waals surface area (Å²) in [6.45, 7) is 2.77. The van der Waals surface area contributed by atoms with Crippen LogP contribution in [0, 0.1) is 0 Å². The van der Waals surface area contributed by atoms with E-state index in [0.29, 0.717) is 30.8 Å². The number of nitrogens with one attached hydrogen (secondary N) is 1. The lowest BCUT2D eigenvalue weighted by atomic mass is 10.1. The summed E-state index contributed by atoms with van der Waals surface area (Å²) in [6.07, 6.45) is 2.36. The molecule has 0 radical (unpaired) electrons. The molecule has 7 heteroatoms. The van der Waals surface area contributed by atoms with E-state index in [9.17, 15) is 4.79 Å². The van der Waals surface area contributed by atoms with E-state index in [2.05, 4.69) is 15.4 Å². The van der Waals surface area contributed by atoms with Gasteiger partial charge in [0.1, 0.15) is 6.33 Å². The highest BCUT2D eigenvalue weighted by Crippen LogP contribution is 2.20. The number of carbonyl (C=O) groups excluding carboxylic acids is 1. The maximum atomic E-state index is 11.6. The molecule has 0 aliphatic heterocycles. The summed E-state index contributed by atoms with van der Waals surface area (Å²) in [5, 5.41) is 7.40. The summed E-state index contributed by atoms with van der Waals surface area (Å²) >= 11 is 0. The van der Waals surface area contributed by atoms with Crippen molar-refractivity contribution in [2.24, 2.45) is 7.05 Å². The maximum absolute atomic E-state index is 11.6. The van der Waals surface area contributed by atoms with E-state index in [0.717, 1.165) is 11.5 Å². The summed E-state index contributed by atoms with van der Waals surface area (Å²) in [7, 11) is 1.83. The van der Waals surface area contributed by atoms with Crippen molar-refractivity contribution in [2.45, 2.75) is 13.3 Å². The Balaban J connectivity index is 1.93. The van der Waals surface area contributed by atoms with Crippen LogP contribution in [-0.2, 0) is 18.2 Å². The highest BCUT2D eigenvalue weighted by molar-refractivity contribution is 5.91. The van der Waals surface area contributed by atoms with Gasteiger partial charge in [0, 0.05) is 20.0 Å². The van der Waals surface area contributed by atoms with Gasteiger partial charge in [0.2, 0.25) is 0 Å². The van der Waals surface area contributed by atoms with Gasteiger partial charge in [-0.25, -0.2) is 9.78 Å². The molecule has 1 heterocycles. The van der Waals surface area contributed by atoms with Gasteiger partial charge < -0.3 is 15.8 Å². The molecule has 1 aromatic carbocycles. The fraction of sp³-hybridized carbons (Fsp3) is 0.357. The minimum absolute atomic E-state index is 0.343. The summed E-state index contributed by atoms with van der Waals surface area (Å²) in [5.41, 5.74) is 7.67. The number of benzene rings is 1. The summed E-state index contributed by atoms with van der Waals surface area (Å²) in [6, 6.07) is 5.07. The second-order valence-electron chi connectivity index (χ2n) is 4.53. The Morgan fingerprint density at radius 2 is 2.29 bits per heavy atom. The SMILES string of the molecule is CCOC(=O)c1ccc(NCCc2ncn(C)n2)c(N)c1. The third-order valence-electron chi connectivity index (χ3n) is 2.87. The lowest BCUT2D eigenvalue weighted by molar-refractivity contribution is 0.0526. The van der Waals surface area contributed by atoms with Crippen molar-refractivity contribution < 1.29 is 9.53 Å². The molecule has 0 saturated heterocycles. The molecule has 7 nitrogen and oxygen atoms in total. The predicted molar refractivity (Wildman–Crippen MR) is 80.0 cm³/mol. The van der Waals surface area contributed by atoms with Crippen LogP contribution in [0.4, 0.5) is 11.4 Å². The molecule has 2 aromatic rings. The van der Waals surface area contributed by atoms with Gasteiger partial charge >= 0.3 is 5.97 Å². The van der Waals surface area contributed by atoms with E-state index in [-0.39, 0.29) is 5.97 Å². The lowest BCUT2D eigenvalue weighted by Crippen LogP contribution is -2.10. The fourth-order valence-corrected chi connectivity index (χ4v) is 1.87.